The van der Waals surface area contributed by atoms with Gasteiger partial charge in [0.15, 0.2) is 0 Å². The van der Waals surface area contributed by atoms with Crippen LogP contribution in [0.2, 0.25) is 0 Å². The average Bonchev–Trinajstić information content (AvgIpc) is 2.97. The lowest BCUT2D eigenvalue weighted by molar-refractivity contribution is -0.142. The highest BCUT2D eigenvalue weighted by molar-refractivity contribution is 8.14. The van der Waals surface area contributed by atoms with Crippen molar-refractivity contribution in [3.8, 4) is 5.75 Å². The van der Waals surface area contributed by atoms with Crippen LogP contribution in [0, 0.1) is 5.82 Å². The topological polar surface area (TPSA) is 73.1 Å². The van der Waals surface area contributed by atoms with Gasteiger partial charge in [0.25, 0.3) is 0 Å². The van der Waals surface area contributed by atoms with E-state index in [4.69, 9.17) is 0 Å². The van der Waals surface area contributed by atoms with Gasteiger partial charge in [0.2, 0.25) is 0 Å². The first-order valence-electron chi connectivity index (χ1n) is 7.64. The molecule has 5 nitrogen and oxygen atoms in total. The number of aliphatic carboxylic acids is 1. The zero-order chi connectivity index (χ0) is 17.9. The lowest BCUT2D eigenvalue weighted by Crippen LogP contribution is -2.50. The van der Waals surface area contributed by atoms with Crippen LogP contribution in [0.4, 0.5) is 4.39 Å². The molecule has 8 heteroatoms. The van der Waals surface area contributed by atoms with Crippen LogP contribution in [0.1, 0.15) is 18.9 Å². The van der Waals surface area contributed by atoms with E-state index < -0.39 is 17.8 Å². The van der Waals surface area contributed by atoms with Crippen molar-refractivity contribution in [2.24, 2.45) is 4.99 Å². The monoisotopic (exact) mass is 372 g/mol. The lowest BCUT2D eigenvalue weighted by atomic mass is 10.0. The van der Waals surface area contributed by atoms with Gasteiger partial charge in [-0.2, -0.15) is 12.6 Å². The fourth-order valence-electron chi connectivity index (χ4n) is 2.86. The van der Waals surface area contributed by atoms with E-state index in [1.807, 2.05) is 6.92 Å². The highest BCUT2D eigenvalue weighted by Gasteiger charge is 2.34. The molecule has 2 N–H and O–H groups in total. The Morgan fingerprint density at radius 1 is 1.58 bits per heavy atom. The number of thioether (sulfide) groups is 1. The van der Waals surface area contributed by atoms with Gasteiger partial charge in [-0.05, 0) is 25.6 Å². The fourth-order valence-corrected chi connectivity index (χ4v) is 4.44. The molecule has 0 amide bonds. The number of rotatable bonds is 7. The summed E-state index contributed by atoms with van der Waals surface area (Å²) in [6.45, 7) is 1.99. The minimum absolute atomic E-state index is 0.0501. The van der Waals surface area contributed by atoms with Gasteiger partial charge in [-0.3, -0.25) is 14.7 Å². The Labute approximate surface area is 150 Å². The van der Waals surface area contributed by atoms with Crippen LogP contribution in [0.3, 0.4) is 0 Å². The molecule has 1 aromatic rings. The van der Waals surface area contributed by atoms with Crippen LogP contribution < -0.4 is 0 Å². The van der Waals surface area contributed by atoms with E-state index in [0.29, 0.717) is 16.4 Å². The molecule has 1 aliphatic rings. The van der Waals surface area contributed by atoms with Gasteiger partial charge >= 0.3 is 5.97 Å². The first-order valence-corrected chi connectivity index (χ1v) is 9.25. The Morgan fingerprint density at radius 3 is 2.83 bits per heavy atom. The molecule has 0 aromatic heterocycles. The summed E-state index contributed by atoms with van der Waals surface area (Å²) in [7, 11) is 1.77. The number of carboxylic acids is 1. The van der Waals surface area contributed by atoms with Crippen LogP contribution in [-0.4, -0.2) is 62.8 Å². The van der Waals surface area contributed by atoms with Crippen molar-refractivity contribution < 1.29 is 19.4 Å². The number of carboxylic acid groups (broad SMARTS) is 1. The molecule has 132 valence electrons. The molecule has 0 bridgehead atoms. The van der Waals surface area contributed by atoms with Gasteiger partial charge in [0, 0.05) is 29.2 Å². The Balaban J connectivity index is 2.22. The molecule has 0 aliphatic carbocycles. The average molecular weight is 372 g/mol. The van der Waals surface area contributed by atoms with E-state index in [2.05, 4.69) is 17.6 Å². The summed E-state index contributed by atoms with van der Waals surface area (Å²) in [4.78, 5) is 17.8. The number of aromatic hydroxyl groups is 1. The Kier molecular flexibility index (Phi) is 6.54. The second-order valence-electron chi connectivity index (χ2n) is 5.65. The molecule has 3 atom stereocenters. The largest absolute Gasteiger partial charge is 0.507 e. The van der Waals surface area contributed by atoms with Gasteiger partial charge in [0.1, 0.15) is 22.7 Å². The van der Waals surface area contributed by atoms with Crippen molar-refractivity contribution >= 4 is 35.4 Å². The van der Waals surface area contributed by atoms with Crippen molar-refractivity contribution in [2.45, 2.75) is 31.5 Å². The zero-order valence-electron chi connectivity index (χ0n) is 13.5. The summed E-state index contributed by atoms with van der Waals surface area (Å²) in [5.74, 6) is -0.634. The first kappa shape index (κ1) is 19.1. The van der Waals surface area contributed by atoms with Gasteiger partial charge in [-0.1, -0.05) is 6.92 Å². The minimum atomic E-state index is -0.906. The third-order valence-corrected chi connectivity index (χ3v) is 5.65. The molecule has 1 heterocycles. The van der Waals surface area contributed by atoms with Gasteiger partial charge in [-0.15, -0.1) is 11.8 Å². The van der Waals surface area contributed by atoms with Crippen molar-refractivity contribution in [1.82, 2.24) is 4.90 Å². The summed E-state index contributed by atoms with van der Waals surface area (Å²) in [6, 6.07) is 3.04. The maximum atomic E-state index is 13.1. The summed E-state index contributed by atoms with van der Waals surface area (Å²) < 4.78 is 13.1. The van der Waals surface area contributed by atoms with Crippen molar-refractivity contribution in [2.75, 3.05) is 18.6 Å². The van der Waals surface area contributed by atoms with Gasteiger partial charge < -0.3 is 10.2 Å². The molecule has 0 fully saturated rings. The second-order valence-corrected chi connectivity index (χ2v) is 7.03. The minimum Gasteiger partial charge on any atom is -0.507 e. The number of hydrogen-bond donors (Lipinski definition) is 3. The van der Waals surface area contributed by atoms with Crippen LogP contribution in [0.15, 0.2) is 23.2 Å². The predicted molar refractivity (Wildman–Crippen MR) is 98.0 cm³/mol. The molecule has 24 heavy (non-hydrogen) atoms. The molecule has 0 saturated carbocycles. The number of carbonyl (C=O) groups is 1. The molecule has 2 rings (SSSR count). The molecule has 0 unspecified atom stereocenters. The summed E-state index contributed by atoms with van der Waals surface area (Å²) in [5.41, 5.74) is 0.505. The van der Waals surface area contributed by atoms with Crippen molar-refractivity contribution in [3.05, 3.63) is 29.6 Å². The number of halogens is 1. The second kappa shape index (κ2) is 8.22. The Morgan fingerprint density at radius 2 is 2.29 bits per heavy atom. The standard InChI is InChI=1S/C16H21FN2O3S2/c1-3-12(19(2)13(7-23)16(21)22)11-8-24-15(18-11)10-5-4-9(17)6-14(10)20/h4-6,11-13,20,23H,3,7-8H2,1-2H3,(H,21,22)/t11-,12-,13-/m1/s1. The number of benzene rings is 1. The molecule has 1 aromatic carbocycles. The summed E-state index contributed by atoms with van der Waals surface area (Å²) in [5, 5.41) is 19.9. The molecular formula is C16H21FN2O3S2. The number of likely N-dealkylation sites (N-methyl/N-ethyl adjacent to an activating group) is 1. The third-order valence-electron chi connectivity index (χ3n) is 4.20. The quantitative estimate of drug-likeness (QED) is 0.642. The van der Waals surface area contributed by atoms with Crippen LogP contribution in [0.25, 0.3) is 0 Å². The maximum absolute atomic E-state index is 13.1. The van der Waals surface area contributed by atoms with Crippen LogP contribution >= 0.6 is 24.4 Å². The van der Waals surface area contributed by atoms with E-state index in [9.17, 15) is 19.4 Å². The van der Waals surface area contributed by atoms with Gasteiger partial charge in [-0.25, -0.2) is 4.39 Å². The molecular weight excluding hydrogens is 351 g/mol. The number of nitrogens with zero attached hydrogens (tertiary/aromatic N) is 2. The number of hydrogen-bond acceptors (Lipinski definition) is 6. The maximum Gasteiger partial charge on any atom is 0.321 e. The highest BCUT2D eigenvalue weighted by atomic mass is 32.2. The van der Waals surface area contributed by atoms with E-state index in [1.54, 1.807) is 11.9 Å². The first-order chi connectivity index (χ1) is 11.4. The van der Waals surface area contributed by atoms with Crippen molar-refractivity contribution in [1.29, 1.82) is 0 Å². The predicted octanol–water partition coefficient (Wildman–Crippen LogP) is 2.49. The molecule has 0 radical (unpaired) electrons. The fraction of sp³-hybridized carbons (Fsp3) is 0.500. The Bertz CT molecular complexity index is 642. The van der Waals surface area contributed by atoms with E-state index in [-0.39, 0.29) is 23.6 Å². The van der Waals surface area contributed by atoms with E-state index in [0.717, 1.165) is 12.5 Å². The van der Waals surface area contributed by atoms with E-state index in [1.165, 1.54) is 23.9 Å². The van der Waals surface area contributed by atoms with Crippen LogP contribution in [-0.2, 0) is 4.79 Å². The van der Waals surface area contributed by atoms with Gasteiger partial charge in [0.05, 0.1) is 6.04 Å². The number of thiol groups is 1. The molecule has 0 saturated heterocycles. The highest BCUT2D eigenvalue weighted by Crippen LogP contribution is 2.32. The molecule has 0 spiro atoms. The lowest BCUT2D eigenvalue weighted by Gasteiger charge is -2.33. The zero-order valence-corrected chi connectivity index (χ0v) is 15.2. The summed E-state index contributed by atoms with van der Waals surface area (Å²) in [6.07, 6.45) is 0.742. The van der Waals surface area contributed by atoms with Crippen molar-refractivity contribution in [3.63, 3.8) is 0 Å². The summed E-state index contributed by atoms with van der Waals surface area (Å²) >= 11 is 5.62. The normalized spacial score (nSPS) is 20.0. The van der Waals surface area contributed by atoms with E-state index >= 15 is 0 Å². The van der Waals surface area contributed by atoms with Crippen LogP contribution in [0.5, 0.6) is 5.75 Å². The Hall–Kier alpha value is -1.25. The SMILES string of the molecule is CC[C@H]([C@H]1CSC(c2ccc(F)cc2O)=N1)N(C)[C@H](CS)C(=O)O. The number of aliphatic imine (C=N–C) groups is 1. The number of phenolic OH excluding ortho intramolecular Hbond substituents is 1. The smallest absolute Gasteiger partial charge is 0.321 e. The number of phenols is 1. The molecule has 1 aliphatic heterocycles. The third kappa shape index (κ3) is 4.04.